The largest absolute Gasteiger partial charge is 0.379 e. The predicted octanol–water partition coefficient (Wildman–Crippen LogP) is 2.27. The summed E-state index contributed by atoms with van der Waals surface area (Å²) in [5.74, 6) is 0. The predicted molar refractivity (Wildman–Crippen MR) is 79.2 cm³/mol. The summed E-state index contributed by atoms with van der Waals surface area (Å²) < 4.78 is 27.4. The zero-order valence-electron chi connectivity index (χ0n) is 13.9. The highest BCUT2D eigenvalue weighted by molar-refractivity contribution is 4.56. The lowest BCUT2D eigenvalue weighted by Crippen LogP contribution is -2.28. The molecule has 0 saturated heterocycles. The van der Waals surface area contributed by atoms with Gasteiger partial charge in [0.25, 0.3) is 0 Å². The van der Waals surface area contributed by atoms with Crippen LogP contribution < -0.4 is 0 Å². The maximum Gasteiger partial charge on any atom is 0.0781 e. The first-order valence-electron chi connectivity index (χ1n) is 7.44. The van der Waals surface area contributed by atoms with Gasteiger partial charge in [0.1, 0.15) is 0 Å². The quantitative estimate of drug-likeness (QED) is 0.521. The lowest BCUT2D eigenvalue weighted by molar-refractivity contribution is -0.0886. The second kappa shape index (κ2) is 12.5. The van der Waals surface area contributed by atoms with Gasteiger partial charge in [-0.1, -0.05) is 0 Å². The zero-order valence-corrected chi connectivity index (χ0v) is 13.9. The average Bonchev–Trinajstić information content (AvgIpc) is 2.45. The van der Waals surface area contributed by atoms with Crippen LogP contribution in [0.15, 0.2) is 0 Å². The monoisotopic (exact) mass is 292 g/mol. The van der Waals surface area contributed by atoms with Crippen LogP contribution in [0.5, 0.6) is 0 Å². The minimum absolute atomic E-state index is 0.0463. The van der Waals surface area contributed by atoms with Gasteiger partial charge >= 0.3 is 0 Å². The molecule has 0 aliphatic heterocycles. The van der Waals surface area contributed by atoms with Gasteiger partial charge in [-0.15, -0.1) is 0 Å². The van der Waals surface area contributed by atoms with Gasteiger partial charge in [-0.25, -0.2) is 0 Å². The van der Waals surface area contributed by atoms with E-state index < -0.39 is 0 Å². The highest BCUT2D eigenvalue weighted by Gasteiger charge is 2.10. The Morgan fingerprint density at radius 3 is 1.45 bits per heavy atom. The molecule has 4 atom stereocenters. The van der Waals surface area contributed by atoms with Crippen molar-refractivity contribution in [1.29, 1.82) is 0 Å². The van der Waals surface area contributed by atoms with Crippen molar-refractivity contribution in [2.45, 2.75) is 59.0 Å². The summed E-state index contributed by atoms with van der Waals surface area (Å²) >= 11 is 0. The van der Waals surface area contributed by atoms with E-state index in [4.69, 9.17) is 23.7 Å². The molecular weight excluding hydrogens is 260 g/mol. The van der Waals surface area contributed by atoms with Crippen molar-refractivity contribution in [3.63, 3.8) is 0 Å². The molecule has 0 radical (unpaired) electrons. The molecule has 0 aromatic heterocycles. The highest BCUT2D eigenvalue weighted by atomic mass is 16.6. The molecule has 0 fully saturated rings. The maximum atomic E-state index is 5.69. The third kappa shape index (κ3) is 11.6. The van der Waals surface area contributed by atoms with Crippen molar-refractivity contribution < 1.29 is 23.7 Å². The van der Waals surface area contributed by atoms with Crippen LogP contribution >= 0.6 is 0 Å². The van der Waals surface area contributed by atoms with Crippen molar-refractivity contribution in [3.8, 4) is 0 Å². The Hall–Kier alpha value is -0.200. The third-order valence-corrected chi connectivity index (χ3v) is 2.81. The van der Waals surface area contributed by atoms with Crippen LogP contribution in [0.3, 0.4) is 0 Å². The van der Waals surface area contributed by atoms with Crippen LogP contribution in [0.2, 0.25) is 0 Å². The fourth-order valence-corrected chi connectivity index (χ4v) is 1.40. The Morgan fingerprint density at radius 2 is 1.05 bits per heavy atom. The smallest absolute Gasteiger partial charge is 0.0781 e. The number of ether oxygens (including phenoxy) is 5. The van der Waals surface area contributed by atoms with Gasteiger partial charge in [-0.05, 0) is 34.6 Å². The molecule has 0 N–H and O–H groups in total. The molecular formula is C15H32O5. The van der Waals surface area contributed by atoms with Crippen molar-refractivity contribution in [1.82, 2.24) is 0 Å². The van der Waals surface area contributed by atoms with Gasteiger partial charge in [0.05, 0.1) is 50.8 Å². The summed E-state index contributed by atoms with van der Waals surface area (Å²) in [4.78, 5) is 0. The first kappa shape index (κ1) is 19.8. The van der Waals surface area contributed by atoms with Crippen LogP contribution in [-0.2, 0) is 23.7 Å². The fourth-order valence-electron chi connectivity index (χ4n) is 1.40. The third-order valence-electron chi connectivity index (χ3n) is 2.81. The van der Waals surface area contributed by atoms with E-state index in [1.165, 1.54) is 0 Å². The van der Waals surface area contributed by atoms with Gasteiger partial charge < -0.3 is 23.7 Å². The van der Waals surface area contributed by atoms with Crippen molar-refractivity contribution in [2.24, 2.45) is 0 Å². The van der Waals surface area contributed by atoms with Gasteiger partial charge in [0, 0.05) is 13.7 Å². The molecule has 4 unspecified atom stereocenters. The molecule has 20 heavy (non-hydrogen) atoms. The average molecular weight is 292 g/mol. The molecule has 0 spiro atoms. The molecule has 0 aliphatic carbocycles. The van der Waals surface area contributed by atoms with Gasteiger partial charge in [0.15, 0.2) is 0 Å². The summed E-state index contributed by atoms with van der Waals surface area (Å²) in [5, 5.41) is 0. The van der Waals surface area contributed by atoms with E-state index in [1.807, 2.05) is 34.6 Å². The SMILES string of the molecule is CCOCC(C)OCC(C)OCC(C)OCC(C)OC. The first-order valence-corrected chi connectivity index (χ1v) is 7.44. The Bertz CT molecular complexity index is 212. The minimum Gasteiger partial charge on any atom is -0.379 e. The molecule has 5 heteroatoms. The summed E-state index contributed by atoms with van der Waals surface area (Å²) in [6.45, 7) is 13.0. The number of rotatable bonds is 13. The van der Waals surface area contributed by atoms with Crippen LogP contribution in [-0.4, -0.2) is 64.6 Å². The van der Waals surface area contributed by atoms with Crippen molar-refractivity contribution in [2.75, 3.05) is 40.1 Å². The van der Waals surface area contributed by atoms with E-state index in [0.29, 0.717) is 33.0 Å². The molecule has 0 aliphatic rings. The topological polar surface area (TPSA) is 46.2 Å². The normalized spacial score (nSPS) is 17.7. The molecule has 0 bridgehead atoms. The summed E-state index contributed by atoms with van der Waals surface area (Å²) in [6.07, 6.45) is 0.302. The van der Waals surface area contributed by atoms with E-state index in [-0.39, 0.29) is 24.4 Å². The van der Waals surface area contributed by atoms with E-state index in [0.717, 1.165) is 0 Å². The Morgan fingerprint density at radius 1 is 0.650 bits per heavy atom. The number of hydrogen-bond donors (Lipinski definition) is 0. The first-order chi connectivity index (χ1) is 9.49. The second-order valence-corrected chi connectivity index (χ2v) is 5.14. The molecule has 0 saturated carbocycles. The van der Waals surface area contributed by atoms with Crippen LogP contribution in [0.1, 0.15) is 34.6 Å². The Kier molecular flexibility index (Phi) is 12.4. The van der Waals surface area contributed by atoms with E-state index in [9.17, 15) is 0 Å². The number of methoxy groups -OCH3 is 1. The van der Waals surface area contributed by atoms with Crippen LogP contribution in [0, 0.1) is 0 Å². The van der Waals surface area contributed by atoms with E-state index in [2.05, 4.69) is 0 Å². The lowest BCUT2D eigenvalue weighted by Gasteiger charge is -2.20. The van der Waals surface area contributed by atoms with Crippen LogP contribution in [0.4, 0.5) is 0 Å². The standard InChI is InChI=1S/C15H32O5/c1-7-17-8-13(3)19-10-15(5)20-11-14(4)18-9-12(2)16-6/h12-15H,7-11H2,1-6H3. The Labute approximate surface area is 123 Å². The lowest BCUT2D eigenvalue weighted by atomic mass is 10.3. The van der Waals surface area contributed by atoms with Crippen LogP contribution in [0.25, 0.3) is 0 Å². The van der Waals surface area contributed by atoms with Crippen molar-refractivity contribution >= 4 is 0 Å². The molecule has 5 nitrogen and oxygen atoms in total. The molecule has 0 heterocycles. The highest BCUT2D eigenvalue weighted by Crippen LogP contribution is 2.01. The summed E-state index contributed by atoms with van der Waals surface area (Å²) in [5.41, 5.74) is 0. The van der Waals surface area contributed by atoms with E-state index in [1.54, 1.807) is 7.11 Å². The van der Waals surface area contributed by atoms with Crippen molar-refractivity contribution in [3.05, 3.63) is 0 Å². The van der Waals surface area contributed by atoms with Gasteiger partial charge in [0.2, 0.25) is 0 Å². The molecule has 0 aromatic rings. The molecule has 122 valence electrons. The fraction of sp³-hybridized carbons (Fsp3) is 1.00. The summed E-state index contributed by atoms with van der Waals surface area (Å²) in [6, 6.07) is 0. The van der Waals surface area contributed by atoms with Gasteiger partial charge in [-0.2, -0.15) is 0 Å². The number of hydrogen-bond acceptors (Lipinski definition) is 5. The Balaban J connectivity index is 3.58. The maximum absolute atomic E-state index is 5.69. The van der Waals surface area contributed by atoms with E-state index >= 15 is 0 Å². The van der Waals surface area contributed by atoms with Gasteiger partial charge in [-0.3, -0.25) is 0 Å². The molecule has 0 aromatic carbocycles. The molecule has 0 amide bonds. The summed E-state index contributed by atoms with van der Waals surface area (Å²) in [7, 11) is 1.68. The molecule has 0 rings (SSSR count). The zero-order chi connectivity index (χ0) is 15.4. The minimum atomic E-state index is 0.0463. The second-order valence-electron chi connectivity index (χ2n) is 5.14.